The number of aliphatic imine (C=N–C) groups is 1. The van der Waals surface area contributed by atoms with Crippen molar-refractivity contribution < 1.29 is 0 Å². The lowest BCUT2D eigenvalue weighted by Gasteiger charge is -2.36. The number of piperazine rings is 1. The van der Waals surface area contributed by atoms with E-state index < -0.39 is 0 Å². The van der Waals surface area contributed by atoms with Gasteiger partial charge in [-0.15, -0.1) is 21.5 Å². The molecule has 0 amide bonds. The highest BCUT2D eigenvalue weighted by Gasteiger charge is 2.20. The Morgan fingerprint density at radius 3 is 2.60 bits per heavy atom. The lowest BCUT2D eigenvalue weighted by Crippen LogP contribution is -2.52. The van der Waals surface area contributed by atoms with Crippen molar-refractivity contribution in [3.05, 3.63) is 32.4 Å². The summed E-state index contributed by atoms with van der Waals surface area (Å²) in [6, 6.07) is 4.32. The molecule has 25 heavy (non-hydrogen) atoms. The summed E-state index contributed by atoms with van der Waals surface area (Å²) in [4.78, 5) is 10.6. The molecule has 0 spiro atoms. The maximum absolute atomic E-state index is 4.43. The van der Waals surface area contributed by atoms with Crippen LogP contribution in [0.2, 0.25) is 0 Å². The molecule has 0 atom stereocenters. The lowest BCUT2D eigenvalue weighted by atomic mass is 10.3. The van der Waals surface area contributed by atoms with Gasteiger partial charge in [0.25, 0.3) is 0 Å². The van der Waals surface area contributed by atoms with Crippen molar-refractivity contribution in [3.63, 3.8) is 0 Å². The van der Waals surface area contributed by atoms with Crippen LogP contribution in [0, 0.1) is 6.92 Å². The Bertz CT molecular complexity index is 731. The Morgan fingerprint density at radius 2 is 2.04 bits per heavy atom. The minimum absolute atomic E-state index is 0.632. The van der Waals surface area contributed by atoms with Gasteiger partial charge >= 0.3 is 0 Å². The van der Waals surface area contributed by atoms with Gasteiger partial charge < -0.3 is 14.8 Å². The monoisotopic (exact) mass is 425 g/mol. The highest BCUT2D eigenvalue weighted by molar-refractivity contribution is 9.11. The molecule has 3 heterocycles. The van der Waals surface area contributed by atoms with E-state index in [9.17, 15) is 0 Å². The van der Waals surface area contributed by atoms with E-state index in [4.69, 9.17) is 0 Å². The molecule has 1 aliphatic rings. The van der Waals surface area contributed by atoms with Crippen LogP contribution in [-0.2, 0) is 20.1 Å². The van der Waals surface area contributed by atoms with Crippen LogP contribution >= 0.6 is 27.3 Å². The van der Waals surface area contributed by atoms with Gasteiger partial charge in [0, 0.05) is 51.7 Å². The van der Waals surface area contributed by atoms with Crippen molar-refractivity contribution in [3.8, 4) is 0 Å². The second-order valence-electron chi connectivity index (χ2n) is 6.09. The van der Waals surface area contributed by atoms with Crippen LogP contribution in [0.4, 0.5) is 0 Å². The fourth-order valence-corrected chi connectivity index (χ4v) is 4.40. The number of nitrogens with zero attached hydrogens (tertiary/aromatic N) is 6. The molecule has 0 unspecified atom stereocenters. The number of rotatable bonds is 4. The van der Waals surface area contributed by atoms with Crippen molar-refractivity contribution in [2.45, 2.75) is 20.0 Å². The van der Waals surface area contributed by atoms with Crippen LogP contribution in [0.5, 0.6) is 0 Å². The fourth-order valence-electron chi connectivity index (χ4n) is 2.87. The summed E-state index contributed by atoms with van der Waals surface area (Å²) in [5.74, 6) is 2.76. The predicted molar refractivity (Wildman–Crippen MR) is 105 cm³/mol. The summed E-state index contributed by atoms with van der Waals surface area (Å²) in [6.07, 6.45) is 0. The Morgan fingerprint density at radius 1 is 1.28 bits per heavy atom. The fraction of sp³-hybridized carbons (Fsp3) is 0.562. The zero-order valence-corrected chi connectivity index (χ0v) is 17.3. The van der Waals surface area contributed by atoms with E-state index >= 15 is 0 Å². The standard InChI is InChI=1S/C16H24BrN7S/c1-12-20-21-15(22(12)3)10-19-16(18-2)24-8-6-23(7-9-24)11-13-4-5-14(17)25-13/h4-5H,6-11H2,1-3H3,(H,18,19). The van der Waals surface area contributed by atoms with E-state index in [1.54, 1.807) is 0 Å². The van der Waals surface area contributed by atoms with Crippen LogP contribution in [-0.4, -0.2) is 63.8 Å². The first-order valence-electron chi connectivity index (χ1n) is 8.34. The molecule has 0 aromatic carbocycles. The van der Waals surface area contributed by atoms with Crippen molar-refractivity contribution in [1.29, 1.82) is 0 Å². The minimum Gasteiger partial charge on any atom is -0.349 e. The van der Waals surface area contributed by atoms with Gasteiger partial charge in [0.05, 0.1) is 10.3 Å². The average molecular weight is 426 g/mol. The SMILES string of the molecule is CN=C(NCc1nnc(C)n1C)N1CCN(Cc2ccc(Br)s2)CC1. The van der Waals surface area contributed by atoms with Gasteiger partial charge in [0.1, 0.15) is 5.82 Å². The molecule has 0 bridgehead atoms. The molecule has 1 saturated heterocycles. The molecule has 1 N–H and O–H groups in total. The molecular formula is C16H24BrN7S. The van der Waals surface area contributed by atoms with Gasteiger partial charge in [-0.1, -0.05) is 0 Å². The van der Waals surface area contributed by atoms with Crippen LogP contribution in [0.15, 0.2) is 20.9 Å². The highest BCUT2D eigenvalue weighted by Crippen LogP contribution is 2.23. The first-order valence-corrected chi connectivity index (χ1v) is 9.95. The summed E-state index contributed by atoms with van der Waals surface area (Å²) in [5.41, 5.74) is 0. The smallest absolute Gasteiger partial charge is 0.194 e. The number of guanidine groups is 1. The van der Waals surface area contributed by atoms with E-state index in [1.165, 1.54) is 8.66 Å². The maximum atomic E-state index is 4.43. The van der Waals surface area contributed by atoms with Crippen molar-refractivity contribution >= 4 is 33.2 Å². The third kappa shape index (κ3) is 4.59. The Labute approximate surface area is 160 Å². The Balaban J connectivity index is 1.49. The number of thiophene rings is 1. The summed E-state index contributed by atoms with van der Waals surface area (Å²) in [5, 5.41) is 11.7. The van der Waals surface area contributed by atoms with Crippen LogP contribution in [0.1, 0.15) is 16.5 Å². The van der Waals surface area contributed by atoms with E-state index in [0.29, 0.717) is 6.54 Å². The normalized spacial score (nSPS) is 16.5. The van der Waals surface area contributed by atoms with Gasteiger partial charge in [0.15, 0.2) is 11.8 Å². The molecule has 0 radical (unpaired) electrons. The molecule has 0 saturated carbocycles. The average Bonchev–Trinajstić information content (AvgIpc) is 3.16. The second-order valence-corrected chi connectivity index (χ2v) is 8.64. The van der Waals surface area contributed by atoms with Gasteiger partial charge in [-0.05, 0) is 35.0 Å². The predicted octanol–water partition coefficient (Wildman–Crippen LogP) is 1.84. The molecule has 1 fully saturated rings. The third-order valence-electron chi connectivity index (χ3n) is 4.48. The third-order valence-corrected chi connectivity index (χ3v) is 6.09. The zero-order chi connectivity index (χ0) is 17.8. The topological polar surface area (TPSA) is 61.6 Å². The molecule has 2 aromatic heterocycles. The highest BCUT2D eigenvalue weighted by atomic mass is 79.9. The van der Waals surface area contributed by atoms with Gasteiger partial charge in [-0.2, -0.15) is 0 Å². The number of nitrogens with one attached hydrogen (secondary N) is 1. The van der Waals surface area contributed by atoms with E-state index in [0.717, 1.165) is 50.3 Å². The minimum atomic E-state index is 0.632. The van der Waals surface area contributed by atoms with Crippen molar-refractivity contribution in [1.82, 2.24) is 29.9 Å². The van der Waals surface area contributed by atoms with E-state index in [-0.39, 0.29) is 0 Å². The quantitative estimate of drug-likeness (QED) is 0.597. The molecule has 0 aliphatic carbocycles. The summed E-state index contributed by atoms with van der Waals surface area (Å²) < 4.78 is 3.20. The summed E-state index contributed by atoms with van der Waals surface area (Å²) >= 11 is 5.35. The number of hydrogen-bond acceptors (Lipinski definition) is 5. The first-order chi connectivity index (χ1) is 12.1. The van der Waals surface area contributed by atoms with E-state index in [2.05, 4.69) is 58.4 Å². The van der Waals surface area contributed by atoms with Crippen molar-refractivity contribution in [2.75, 3.05) is 33.2 Å². The molecule has 3 rings (SSSR count). The van der Waals surface area contributed by atoms with Crippen molar-refractivity contribution in [2.24, 2.45) is 12.0 Å². The summed E-state index contributed by atoms with van der Waals surface area (Å²) in [7, 11) is 3.82. The largest absolute Gasteiger partial charge is 0.349 e. The number of hydrogen-bond donors (Lipinski definition) is 1. The second kappa shape index (κ2) is 8.29. The lowest BCUT2D eigenvalue weighted by molar-refractivity contribution is 0.173. The zero-order valence-electron chi connectivity index (χ0n) is 14.9. The first kappa shape index (κ1) is 18.3. The van der Waals surface area contributed by atoms with E-state index in [1.807, 2.05) is 36.9 Å². The molecule has 7 nitrogen and oxygen atoms in total. The molecule has 136 valence electrons. The number of aromatic nitrogens is 3. The van der Waals surface area contributed by atoms with Crippen LogP contribution in [0.25, 0.3) is 0 Å². The number of halogens is 1. The molecule has 9 heteroatoms. The Hall–Kier alpha value is -1.45. The number of aryl methyl sites for hydroxylation is 1. The maximum Gasteiger partial charge on any atom is 0.194 e. The molecule has 1 aliphatic heterocycles. The Kier molecular flexibility index (Phi) is 6.08. The van der Waals surface area contributed by atoms with Crippen LogP contribution in [0.3, 0.4) is 0 Å². The molecular weight excluding hydrogens is 402 g/mol. The van der Waals surface area contributed by atoms with Gasteiger partial charge in [-0.3, -0.25) is 9.89 Å². The van der Waals surface area contributed by atoms with Gasteiger partial charge in [0.2, 0.25) is 0 Å². The summed E-state index contributed by atoms with van der Waals surface area (Å²) in [6.45, 7) is 7.64. The molecule has 2 aromatic rings. The van der Waals surface area contributed by atoms with Crippen LogP contribution < -0.4 is 5.32 Å². The van der Waals surface area contributed by atoms with Gasteiger partial charge in [-0.25, -0.2) is 0 Å².